The number of hydrogen-bond donors (Lipinski definition) is 4. The van der Waals surface area contributed by atoms with Gasteiger partial charge < -0.3 is 18.9 Å². The van der Waals surface area contributed by atoms with Crippen molar-refractivity contribution in [2.24, 2.45) is 0 Å². The SMILES string of the molecule is CCOC(=O)Nc1ccc(-c2ccc(NC(=O)OCC)cn2)nc1.CCOC(=O)Nc1ccc(-c2ccc(NC(=O)OCC)cn2)nc1.CS(C)=O.CS(C)=O.CS(C)=O.[Cu+2].[O-][Cl+3]([O-])([O-])[O-].[O-][Cl+3]([O-])([O-])[O-]. The van der Waals surface area contributed by atoms with Gasteiger partial charge in [-0.1, -0.05) is 0 Å². The van der Waals surface area contributed by atoms with E-state index in [0.717, 1.165) is 0 Å². The van der Waals surface area contributed by atoms with E-state index in [1.165, 1.54) is 24.8 Å². The number of hydrogen-bond acceptors (Lipinski definition) is 23. The molecule has 0 spiro atoms. The number of nitrogens with zero attached hydrogens (tertiary/aromatic N) is 4. The summed E-state index contributed by atoms with van der Waals surface area (Å²) in [6, 6.07) is 13.7. The van der Waals surface area contributed by atoms with Crippen molar-refractivity contribution in [1.82, 2.24) is 19.9 Å². The first kappa shape index (κ1) is 72.5. The van der Waals surface area contributed by atoms with E-state index < -0.39 is 77.3 Å². The fraction of sp³-hybridized carbons (Fsp3) is 0.368. The van der Waals surface area contributed by atoms with Crippen molar-refractivity contribution in [3.63, 3.8) is 0 Å². The zero-order valence-electron chi connectivity index (χ0n) is 39.6. The Hall–Kier alpha value is -5.09. The third kappa shape index (κ3) is 51.1. The molecular formula is C38H54Cl2CuN8O19S3. The zero-order chi connectivity index (χ0) is 54.5. The zero-order valence-corrected chi connectivity index (χ0v) is 44.5. The van der Waals surface area contributed by atoms with E-state index in [2.05, 4.69) is 41.2 Å². The van der Waals surface area contributed by atoms with Crippen LogP contribution in [0, 0.1) is 20.5 Å². The molecule has 0 bridgehead atoms. The molecule has 0 fully saturated rings. The predicted molar refractivity (Wildman–Crippen MR) is 237 cm³/mol. The van der Waals surface area contributed by atoms with Crippen LogP contribution in [0.1, 0.15) is 27.7 Å². The second-order valence-corrected chi connectivity index (χ2v) is 18.1. The van der Waals surface area contributed by atoms with E-state index in [1.54, 1.807) is 114 Å². The van der Waals surface area contributed by atoms with Crippen LogP contribution in [0.5, 0.6) is 0 Å². The van der Waals surface area contributed by atoms with E-state index >= 15 is 0 Å². The molecule has 0 unspecified atom stereocenters. The number of anilines is 4. The number of halogens is 2. The number of rotatable bonds is 10. The number of nitrogens with one attached hydrogen (secondary N) is 4. The van der Waals surface area contributed by atoms with Crippen LogP contribution in [-0.4, -0.2) is 121 Å². The molecule has 0 aliphatic rings. The van der Waals surface area contributed by atoms with Crippen molar-refractivity contribution >= 4 is 79.5 Å². The van der Waals surface area contributed by atoms with Gasteiger partial charge in [-0.3, -0.25) is 53.8 Å². The summed E-state index contributed by atoms with van der Waals surface area (Å²) in [6.45, 7) is 8.11. The summed E-state index contributed by atoms with van der Waals surface area (Å²) in [5.74, 6) is 0. The Morgan fingerprint density at radius 3 is 0.648 bits per heavy atom. The second-order valence-electron chi connectivity index (χ2n) is 12.1. The average molecular weight is 1160 g/mol. The number of pyridine rings is 4. The van der Waals surface area contributed by atoms with E-state index in [0.29, 0.717) is 72.0 Å². The fourth-order valence-corrected chi connectivity index (χ4v) is 3.62. The van der Waals surface area contributed by atoms with Gasteiger partial charge in [0.1, 0.15) is 0 Å². The molecule has 27 nitrogen and oxygen atoms in total. The molecule has 0 saturated heterocycles. The van der Waals surface area contributed by atoms with Crippen LogP contribution < -0.4 is 58.5 Å². The normalized spacial score (nSPS) is 9.87. The van der Waals surface area contributed by atoms with Gasteiger partial charge in [-0.2, -0.15) is 0 Å². The van der Waals surface area contributed by atoms with Crippen LogP contribution in [0.4, 0.5) is 41.9 Å². The molecule has 4 aromatic heterocycles. The number of aromatic nitrogens is 4. The number of carbonyl (C=O) groups is 4. The molecule has 4 heterocycles. The maximum Gasteiger partial charge on any atom is 2.00 e. The molecule has 0 aromatic carbocycles. The largest absolute Gasteiger partial charge is 2.00 e. The van der Waals surface area contributed by atoms with Crippen molar-refractivity contribution in [3.05, 3.63) is 73.3 Å². The molecule has 0 aliphatic carbocycles. The summed E-state index contributed by atoms with van der Waals surface area (Å²) in [5, 5.41) is 10.2. The monoisotopic (exact) mass is 1160 g/mol. The maximum atomic E-state index is 11.3. The third-order valence-corrected chi connectivity index (χ3v) is 5.67. The number of carbonyl (C=O) groups excluding carboxylic acids is 4. The van der Waals surface area contributed by atoms with Crippen LogP contribution in [0.25, 0.3) is 22.8 Å². The molecule has 0 atom stereocenters. The number of ether oxygens (including phenoxy) is 4. The topological polar surface area (TPSA) is 441 Å². The minimum atomic E-state index is -4.94. The van der Waals surface area contributed by atoms with Gasteiger partial charge in [0.05, 0.1) is 96.7 Å². The minimum Gasteiger partial charge on any atom is -0.450 e. The van der Waals surface area contributed by atoms with E-state index in [1.807, 2.05) is 0 Å². The molecule has 4 aromatic rings. The van der Waals surface area contributed by atoms with Crippen LogP contribution in [-0.2, 0) is 68.4 Å². The Morgan fingerprint density at radius 2 is 0.549 bits per heavy atom. The van der Waals surface area contributed by atoms with Gasteiger partial charge in [0.15, 0.2) is 0 Å². The summed E-state index contributed by atoms with van der Waals surface area (Å²) in [7, 11) is -11.7. The quantitative estimate of drug-likeness (QED) is 0.0910. The Balaban J connectivity index is -0.000000442. The van der Waals surface area contributed by atoms with Crippen molar-refractivity contribution in [1.29, 1.82) is 0 Å². The average Bonchev–Trinajstić information content (AvgIpc) is 3.21. The van der Waals surface area contributed by atoms with Gasteiger partial charge in [0.25, 0.3) is 0 Å². The van der Waals surface area contributed by atoms with Crippen molar-refractivity contribution in [3.8, 4) is 22.8 Å². The van der Waals surface area contributed by atoms with Crippen molar-refractivity contribution < 1.29 is 126 Å². The van der Waals surface area contributed by atoms with E-state index in [9.17, 15) is 31.8 Å². The maximum absolute atomic E-state index is 11.3. The molecule has 403 valence electrons. The standard InChI is InChI=1S/2C16H18N4O4.3C2H6OS.2ClHO4.Cu/c2*1-3-23-15(21)19-11-5-7-13(17-9-11)14-8-6-12(10-18-14)20-16(22)24-4-2;3*1-4(2)3;2*2-1(3,4)5;/h2*5-10H,3-4H2,1-2H3,(H,19,21)(H,20,22);3*1-2H3;2*(H,2,3,4,5);/q;;;;;;;+2/p-2. The van der Waals surface area contributed by atoms with Crippen LogP contribution in [0.2, 0.25) is 0 Å². The fourth-order valence-electron chi connectivity index (χ4n) is 3.62. The summed E-state index contributed by atoms with van der Waals surface area (Å²) < 4.78 is 116. The van der Waals surface area contributed by atoms with Crippen LogP contribution >= 0.6 is 0 Å². The van der Waals surface area contributed by atoms with Gasteiger partial charge in [-0.15, -0.1) is 20.5 Å². The van der Waals surface area contributed by atoms with Crippen LogP contribution in [0.3, 0.4) is 0 Å². The summed E-state index contributed by atoms with van der Waals surface area (Å²) in [5.41, 5.74) is 4.63. The summed E-state index contributed by atoms with van der Waals surface area (Å²) in [4.78, 5) is 62.2. The second kappa shape index (κ2) is 41.5. The smallest absolute Gasteiger partial charge is 0.450 e. The first-order valence-corrected chi connectivity index (χ1v) is 27.4. The van der Waals surface area contributed by atoms with Gasteiger partial charge in [0, 0.05) is 69.9 Å². The third-order valence-electron chi connectivity index (χ3n) is 5.67. The molecule has 0 saturated carbocycles. The van der Waals surface area contributed by atoms with E-state index in [-0.39, 0.29) is 17.1 Å². The van der Waals surface area contributed by atoms with Crippen LogP contribution in [0.15, 0.2) is 73.3 Å². The molecule has 71 heavy (non-hydrogen) atoms. The van der Waals surface area contributed by atoms with Gasteiger partial charge in [-0.05, 0) is 76.2 Å². The molecule has 33 heteroatoms. The molecule has 0 aliphatic heterocycles. The summed E-state index contributed by atoms with van der Waals surface area (Å²) in [6.07, 6.45) is 13.8. The molecule has 4 amide bonds. The first-order valence-electron chi connectivity index (χ1n) is 19.0. The number of amides is 4. The predicted octanol–water partition coefficient (Wildman–Crippen LogP) is -2.97. The molecular weight excluding hydrogens is 1100 g/mol. The minimum absolute atomic E-state index is 0. The first-order chi connectivity index (χ1) is 32.4. The van der Waals surface area contributed by atoms with Crippen molar-refractivity contribution in [2.45, 2.75) is 27.7 Å². The Bertz CT molecular complexity index is 1860. The van der Waals surface area contributed by atoms with Gasteiger partial charge in [-0.25, -0.2) is 56.5 Å². The Morgan fingerprint density at radius 1 is 0.408 bits per heavy atom. The van der Waals surface area contributed by atoms with Gasteiger partial charge in [0.2, 0.25) is 0 Å². The molecule has 4 rings (SSSR count). The van der Waals surface area contributed by atoms with Crippen molar-refractivity contribution in [2.75, 3.05) is 85.2 Å². The Kier molecular flexibility index (Phi) is 42.4. The molecule has 4 N–H and O–H groups in total. The molecule has 1 radical (unpaired) electrons. The Labute approximate surface area is 431 Å². The van der Waals surface area contributed by atoms with E-state index in [4.69, 9.17) is 56.2 Å². The summed E-state index contributed by atoms with van der Waals surface area (Å²) >= 11 is 0. The van der Waals surface area contributed by atoms with Gasteiger partial charge >= 0.3 is 41.4 Å².